The van der Waals surface area contributed by atoms with Gasteiger partial charge in [-0.15, -0.1) is 0 Å². The van der Waals surface area contributed by atoms with Crippen LogP contribution in [0.5, 0.6) is 0 Å². The highest BCUT2D eigenvalue weighted by Crippen LogP contribution is 2.31. The van der Waals surface area contributed by atoms with E-state index in [2.05, 4.69) is 31.0 Å². The van der Waals surface area contributed by atoms with Crippen molar-refractivity contribution in [2.45, 2.75) is 45.9 Å². The molecule has 3 atom stereocenters. The van der Waals surface area contributed by atoms with Crippen molar-refractivity contribution in [2.75, 3.05) is 25.0 Å². The average molecular weight is 280 g/mol. The van der Waals surface area contributed by atoms with Gasteiger partial charge in [-0.2, -0.15) is 0 Å². The van der Waals surface area contributed by atoms with E-state index < -0.39 is 0 Å². The fraction of sp³-hybridized carbons (Fsp3) is 0.625. The predicted octanol–water partition coefficient (Wildman–Crippen LogP) is 3.03. The smallest absolute Gasteiger partial charge is 0.126 e. The number of ether oxygens (including phenoxy) is 1. The molecule has 1 aromatic carbocycles. The van der Waals surface area contributed by atoms with Gasteiger partial charge in [-0.1, -0.05) is 0 Å². The summed E-state index contributed by atoms with van der Waals surface area (Å²) < 4.78 is 19.7. The second kappa shape index (κ2) is 6.10. The first-order valence-electron chi connectivity index (χ1n) is 7.30. The normalized spacial score (nSPS) is 24.8. The summed E-state index contributed by atoms with van der Waals surface area (Å²) in [7, 11) is 1.90. The predicted molar refractivity (Wildman–Crippen MR) is 80.8 cm³/mol. The number of hydrogen-bond acceptors (Lipinski definition) is 3. The number of benzene rings is 1. The van der Waals surface area contributed by atoms with Gasteiger partial charge in [0.15, 0.2) is 0 Å². The summed E-state index contributed by atoms with van der Waals surface area (Å²) in [4.78, 5) is 2.31. The van der Waals surface area contributed by atoms with Crippen molar-refractivity contribution in [3.05, 3.63) is 29.1 Å². The van der Waals surface area contributed by atoms with Gasteiger partial charge in [-0.3, -0.25) is 0 Å². The van der Waals surface area contributed by atoms with E-state index in [1.54, 1.807) is 6.07 Å². The number of nitrogens with one attached hydrogen (secondary N) is 1. The summed E-state index contributed by atoms with van der Waals surface area (Å²) >= 11 is 0. The first-order valence-corrected chi connectivity index (χ1v) is 7.30. The van der Waals surface area contributed by atoms with E-state index >= 15 is 0 Å². The van der Waals surface area contributed by atoms with E-state index in [0.29, 0.717) is 5.56 Å². The first kappa shape index (κ1) is 15.3. The first-order chi connectivity index (χ1) is 9.42. The zero-order valence-corrected chi connectivity index (χ0v) is 13.0. The second-order valence-electron chi connectivity index (χ2n) is 5.83. The Morgan fingerprint density at radius 2 is 1.90 bits per heavy atom. The Bertz CT molecular complexity index is 468. The molecule has 20 heavy (non-hydrogen) atoms. The number of hydrogen-bond donors (Lipinski definition) is 1. The second-order valence-corrected chi connectivity index (χ2v) is 5.83. The SMILES string of the molecule is CNC(C)c1cc(F)c(C)cc1N1CC(C)OC(C)C1. The molecule has 0 aromatic heterocycles. The Morgan fingerprint density at radius 3 is 2.45 bits per heavy atom. The molecule has 0 saturated carbocycles. The number of rotatable bonds is 3. The molecular formula is C16H25FN2O. The van der Waals surface area contributed by atoms with Crippen LogP contribution in [0.15, 0.2) is 12.1 Å². The summed E-state index contributed by atoms with van der Waals surface area (Å²) in [6.45, 7) is 9.74. The minimum atomic E-state index is -0.139. The lowest BCUT2D eigenvalue weighted by atomic mass is 10.0. The monoisotopic (exact) mass is 280 g/mol. The summed E-state index contributed by atoms with van der Waals surface area (Å²) in [5.41, 5.74) is 2.82. The lowest BCUT2D eigenvalue weighted by Crippen LogP contribution is -2.46. The standard InChI is InChI=1S/C16H25FN2O/c1-10-6-16(14(7-15(10)17)13(4)18-5)19-8-11(2)20-12(3)9-19/h6-7,11-13,18H,8-9H2,1-5H3. The van der Waals surface area contributed by atoms with Crippen LogP contribution in [0.4, 0.5) is 10.1 Å². The molecule has 0 radical (unpaired) electrons. The molecule has 2 rings (SSSR count). The van der Waals surface area contributed by atoms with E-state index in [9.17, 15) is 4.39 Å². The van der Waals surface area contributed by atoms with Gasteiger partial charge < -0.3 is 15.0 Å². The van der Waals surface area contributed by atoms with Crippen LogP contribution in [-0.2, 0) is 4.74 Å². The molecule has 1 heterocycles. The fourth-order valence-corrected chi connectivity index (χ4v) is 2.83. The summed E-state index contributed by atoms with van der Waals surface area (Å²) in [6, 6.07) is 3.74. The van der Waals surface area contributed by atoms with Gasteiger partial charge in [-0.25, -0.2) is 4.39 Å². The molecular weight excluding hydrogens is 255 g/mol. The maximum Gasteiger partial charge on any atom is 0.126 e. The summed E-state index contributed by atoms with van der Waals surface area (Å²) in [5, 5.41) is 3.21. The van der Waals surface area contributed by atoms with Gasteiger partial charge in [0.05, 0.1) is 12.2 Å². The van der Waals surface area contributed by atoms with Crippen LogP contribution >= 0.6 is 0 Å². The van der Waals surface area contributed by atoms with E-state index in [1.807, 2.05) is 20.0 Å². The highest BCUT2D eigenvalue weighted by molar-refractivity contribution is 5.57. The molecule has 1 aliphatic heterocycles. The third-order valence-electron chi connectivity index (χ3n) is 3.97. The van der Waals surface area contributed by atoms with Crippen molar-refractivity contribution in [1.82, 2.24) is 5.32 Å². The maximum absolute atomic E-state index is 13.9. The van der Waals surface area contributed by atoms with Gasteiger partial charge in [0, 0.05) is 24.8 Å². The van der Waals surface area contributed by atoms with Crippen LogP contribution in [-0.4, -0.2) is 32.3 Å². The van der Waals surface area contributed by atoms with E-state index in [0.717, 1.165) is 24.3 Å². The molecule has 1 saturated heterocycles. The van der Waals surface area contributed by atoms with Crippen molar-refractivity contribution >= 4 is 5.69 Å². The zero-order valence-electron chi connectivity index (χ0n) is 13.0. The van der Waals surface area contributed by atoms with Gasteiger partial charge in [0.2, 0.25) is 0 Å². The quantitative estimate of drug-likeness (QED) is 0.921. The van der Waals surface area contributed by atoms with Gasteiger partial charge >= 0.3 is 0 Å². The number of nitrogens with zero attached hydrogens (tertiary/aromatic N) is 1. The maximum atomic E-state index is 13.9. The molecule has 0 amide bonds. The third-order valence-corrected chi connectivity index (χ3v) is 3.97. The van der Waals surface area contributed by atoms with Crippen LogP contribution in [0.1, 0.15) is 37.9 Å². The molecule has 1 fully saturated rings. The lowest BCUT2D eigenvalue weighted by Gasteiger charge is -2.38. The largest absolute Gasteiger partial charge is 0.372 e. The number of halogens is 1. The van der Waals surface area contributed by atoms with E-state index in [4.69, 9.17) is 4.74 Å². The lowest BCUT2D eigenvalue weighted by molar-refractivity contribution is -0.00528. The highest BCUT2D eigenvalue weighted by Gasteiger charge is 2.25. The van der Waals surface area contributed by atoms with E-state index in [1.165, 1.54) is 0 Å². The number of morpholine rings is 1. The van der Waals surface area contributed by atoms with Crippen LogP contribution in [0.25, 0.3) is 0 Å². The van der Waals surface area contributed by atoms with Crippen molar-refractivity contribution in [3.8, 4) is 0 Å². The number of aryl methyl sites for hydroxylation is 1. The minimum Gasteiger partial charge on any atom is -0.372 e. The summed E-state index contributed by atoms with van der Waals surface area (Å²) in [6.07, 6.45) is 0.392. The van der Waals surface area contributed by atoms with Crippen LogP contribution in [0.3, 0.4) is 0 Å². The fourth-order valence-electron chi connectivity index (χ4n) is 2.83. The topological polar surface area (TPSA) is 24.5 Å². The highest BCUT2D eigenvalue weighted by atomic mass is 19.1. The molecule has 0 spiro atoms. The van der Waals surface area contributed by atoms with Crippen molar-refractivity contribution in [1.29, 1.82) is 0 Å². The Hall–Kier alpha value is -1.13. The Balaban J connectivity index is 2.40. The summed E-state index contributed by atoms with van der Waals surface area (Å²) in [5.74, 6) is -0.139. The van der Waals surface area contributed by atoms with Gasteiger partial charge in [0.1, 0.15) is 5.82 Å². The van der Waals surface area contributed by atoms with E-state index in [-0.39, 0.29) is 24.1 Å². The van der Waals surface area contributed by atoms with Crippen LogP contribution < -0.4 is 10.2 Å². The molecule has 0 aliphatic carbocycles. The van der Waals surface area contributed by atoms with Crippen molar-refractivity contribution < 1.29 is 9.13 Å². The van der Waals surface area contributed by atoms with Gasteiger partial charge in [-0.05, 0) is 58.0 Å². The molecule has 3 unspecified atom stereocenters. The van der Waals surface area contributed by atoms with Crippen LogP contribution in [0.2, 0.25) is 0 Å². The average Bonchev–Trinajstić information content (AvgIpc) is 2.39. The number of anilines is 1. The minimum absolute atomic E-state index is 0.119. The van der Waals surface area contributed by atoms with Crippen molar-refractivity contribution in [3.63, 3.8) is 0 Å². The molecule has 1 N–H and O–H groups in total. The zero-order chi connectivity index (χ0) is 14.9. The molecule has 1 aromatic rings. The van der Waals surface area contributed by atoms with Gasteiger partial charge in [0.25, 0.3) is 0 Å². The van der Waals surface area contributed by atoms with Crippen molar-refractivity contribution in [2.24, 2.45) is 0 Å². The molecule has 112 valence electrons. The Morgan fingerprint density at radius 1 is 1.30 bits per heavy atom. The molecule has 3 nitrogen and oxygen atoms in total. The Labute approximate surface area is 121 Å². The molecule has 1 aliphatic rings. The molecule has 4 heteroatoms. The van der Waals surface area contributed by atoms with Crippen LogP contribution in [0, 0.1) is 12.7 Å². The third kappa shape index (κ3) is 3.13. The Kier molecular flexibility index (Phi) is 4.66. The molecule has 0 bridgehead atoms.